The Bertz CT molecular complexity index is 498. The van der Waals surface area contributed by atoms with Gasteiger partial charge in [0.2, 0.25) is 0 Å². The Hall–Kier alpha value is -1.02. The first-order valence-corrected chi connectivity index (χ1v) is 7.21. The number of nitrogens with two attached hydrogens (primary N) is 1. The molecule has 1 aromatic carbocycles. The monoisotopic (exact) mass is 243 g/mol. The lowest BCUT2D eigenvalue weighted by atomic mass is 9.76. The third-order valence-corrected chi connectivity index (χ3v) is 5.36. The van der Waals surface area contributed by atoms with E-state index in [1.54, 1.807) is 0 Å². The van der Waals surface area contributed by atoms with Gasteiger partial charge in [-0.1, -0.05) is 17.7 Å². The molecule has 2 bridgehead atoms. The Balaban J connectivity index is 1.74. The quantitative estimate of drug-likeness (QED) is 0.758. The van der Waals surface area contributed by atoms with E-state index < -0.39 is 0 Å². The Labute approximate surface area is 109 Å². The van der Waals surface area contributed by atoms with Crippen LogP contribution in [0.5, 0.6) is 5.75 Å². The summed E-state index contributed by atoms with van der Waals surface area (Å²) >= 11 is 0. The maximum Gasteiger partial charge on any atom is 0.124 e. The first-order chi connectivity index (χ1) is 8.66. The standard InChI is InChI=1S/C16H21NO/c1-10-2-5-15-13(6-10)14(17)9-16(18-15)8-11-3-4-12(16)7-11/h2,5-6,11-12,14H,3-4,7-9,17H2,1H3/t11?,12?,14-,16?/m1/s1. The molecule has 1 spiro atoms. The molecule has 2 aliphatic carbocycles. The van der Waals surface area contributed by atoms with Gasteiger partial charge in [0.25, 0.3) is 0 Å². The first kappa shape index (κ1) is 10.9. The average Bonchev–Trinajstić information content (AvgIpc) is 2.91. The molecule has 4 rings (SSSR count). The highest BCUT2D eigenvalue weighted by atomic mass is 16.5. The molecule has 2 fully saturated rings. The second-order valence-electron chi connectivity index (χ2n) is 6.60. The predicted octanol–water partition coefficient (Wildman–Crippen LogP) is 3.34. The van der Waals surface area contributed by atoms with Gasteiger partial charge in [0, 0.05) is 18.0 Å². The highest BCUT2D eigenvalue weighted by molar-refractivity contribution is 5.42. The van der Waals surface area contributed by atoms with Crippen LogP contribution in [-0.2, 0) is 0 Å². The number of rotatable bonds is 0. The van der Waals surface area contributed by atoms with Crippen molar-refractivity contribution in [2.45, 2.75) is 50.7 Å². The average molecular weight is 243 g/mol. The molecule has 1 heterocycles. The van der Waals surface area contributed by atoms with Crippen LogP contribution in [-0.4, -0.2) is 5.60 Å². The van der Waals surface area contributed by atoms with Gasteiger partial charge in [-0.2, -0.15) is 0 Å². The third-order valence-electron chi connectivity index (χ3n) is 5.36. The van der Waals surface area contributed by atoms with Crippen LogP contribution in [0.25, 0.3) is 0 Å². The minimum atomic E-state index is 0.0740. The van der Waals surface area contributed by atoms with Crippen molar-refractivity contribution in [2.75, 3.05) is 0 Å². The molecular weight excluding hydrogens is 222 g/mol. The topological polar surface area (TPSA) is 35.2 Å². The maximum atomic E-state index is 6.46. The molecule has 18 heavy (non-hydrogen) atoms. The lowest BCUT2D eigenvalue weighted by Crippen LogP contribution is -2.47. The van der Waals surface area contributed by atoms with E-state index in [0.29, 0.717) is 0 Å². The number of hydrogen-bond acceptors (Lipinski definition) is 2. The molecule has 96 valence electrons. The van der Waals surface area contributed by atoms with Crippen molar-refractivity contribution in [3.8, 4) is 5.75 Å². The fourth-order valence-corrected chi connectivity index (χ4v) is 4.56. The summed E-state index contributed by atoms with van der Waals surface area (Å²) < 4.78 is 6.46. The van der Waals surface area contributed by atoms with Crippen molar-refractivity contribution in [1.82, 2.24) is 0 Å². The minimum Gasteiger partial charge on any atom is -0.487 e. The molecule has 4 atom stereocenters. The number of ether oxygens (including phenoxy) is 1. The van der Waals surface area contributed by atoms with Crippen LogP contribution in [0.2, 0.25) is 0 Å². The molecule has 2 nitrogen and oxygen atoms in total. The smallest absolute Gasteiger partial charge is 0.124 e. The van der Waals surface area contributed by atoms with Gasteiger partial charge >= 0.3 is 0 Å². The molecule has 0 radical (unpaired) electrons. The van der Waals surface area contributed by atoms with Crippen molar-refractivity contribution in [3.63, 3.8) is 0 Å². The zero-order chi connectivity index (χ0) is 12.3. The van der Waals surface area contributed by atoms with Gasteiger partial charge in [-0.05, 0) is 50.5 Å². The van der Waals surface area contributed by atoms with Crippen LogP contribution in [0.4, 0.5) is 0 Å². The van der Waals surface area contributed by atoms with Gasteiger partial charge < -0.3 is 10.5 Å². The van der Waals surface area contributed by atoms with Gasteiger partial charge in [-0.25, -0.2) is 0 Å². The normalized spacial score (nSPS) is 40.9. The van der Waals surface area contributed by atoms with Crippen molar-refractivity contribution in [1.29, 1.82) is 0 Å². The molecule has 3 unspecified atom stereocenters. The Morgan fingerprint density at radius 3 is 2.89 bits per heavy atom. The second kappa shape index (κ2) is 3.51. The van der Waals surface area contributed by atoms with Crippen molar-refractivity contribution in [2.24, 2.45) is 17.6 Å². The van der Waals surface area contributed by atoms with E-state index in [9.17, 15) is 0 Å². The summed E-state index contributed by atoms with van der Waals surface area (Å²) in [5.74, 6) is 2.70. The molecule has 2 N–H and O–H groups in total. The van der Waals surface area contributed by atoms with Crippen LogP contribution < -0.4 is 10.5 Å². The minimum absolute atomic E-state index is 0.0740. The summed E-state index contributed by atoms with van der Waals surface area (Å²) in [5.41, 5.74) is 8.98. The lowest BCUT2D eigenvalue weighted by molar-refractivity contribution is -0.0141. The van der Waals surface area contributed by atoms with Gasteiger partial charge in [-0.3, -0.25) is 0 Å². The fourth-order valence-electron chi connectivity index (χ4n) is 4.56. The lowest BCUT2D eigenvalue weighted by Gasteiger charge is -2.44. The van der Waals surface area contributed by atoms with Gasteiger partial charge in [0.05, 0.1) is 0 Å². The van der Waals surface area contributed by atoms with Crippen LogP contribution >= 0.6 is 0 Å². The molecule has 1 aromatic rings. The van der Waals surface area contributed by atoms with Crippen LogP contribution in [0.3, 0.4) is 0 Å². The van der Waals surface area contributed by atoms with Crippen molar-refractivity contribution < 1.29 is 4.74 Å². The predicted molar refractivity (Wildman–Crippen MR) is 71.5 cm³/mol. The summed E-state index contributed by atoms with van der Waals surface area (Å²) in [5, 5.41) is 0. The molecule has 0 saturated heterocycles. The Morgan fingerprint density at radius 1 is 1.28 bits per heavy atom. The molecule has 0 amide bonds. The third kappa shape index (κ3) is 1.38. The zero-order valence-corrected chi connectivity index (χ0v) is 11.0. The summed E-state index contributed by atoms with van der Waals surface area (Å²) in [4.78, 5) is 0. The largest absolute Gasteiger partial charge is 0.487 e. The molecule has 2 saturated carbocycles. The Morgan fingerprint density at radius 2 is 2.17 bits per heavy atom. The van der Waals surface area contributed by atoms with E-state index in [2.05, 4.69) is 25.1 Å². The summed E-state index contributed by atoms with van der Waals surface area (Å²) in [6, 6.07) is 6.61. The van der Waals surface area contributed by atoms with E-state index in [4.69, 9.17) is 10.5 Å². The molecule has 1 aliphatic heterocycles. The molecule has 0 aromatic heterocycles. The van der Waals surface area contributed by atoms with Crippen LogP contribution in [0.15, 0.2) is 18.2 Å². The number of hydrogen-bond donors (Lipinski definition) is 1. The first-order valence-electron chi connectivity index (χ1n) is 7.21. The maximum absolute atomic E-state index is 6.46. The number of benzene rings is 1. The van der Waals surface area contributed by atoms with Gasteiger partial charge in [0.1, 0.15) is 11.4 Å². The highest BCUT2D eigenvalue weighted by Gasteiger charge is 2.55. The van der Waals surface area contributed by atoms with Gasteiger partial charge in [0.15, 0.2) is 0 Å². The molecule has 2 heteroatoms. The van der Waals surface area contributed by atoms with E-state index in [1.165, 1.54) is 36.8 Å². The summed E-state index contributed by atoms with van der Waals surface area (Å²) in [6.07, 6.45) is 6.38. The van der Waals surface area contributed by atoms with Crippen molar-refractivity contribution >= 4 is 0 Å². The number of fused-ring (bicyclic) bond motifs is 4. The zero-order valence-electron chi connectivity index (χ0n) is 11.0. The van der Waals surface area contributed by atoms with Gasteiger partial charge in [-0.15, -0.1) is 0 Å². The van der Waals surface area contributed by atoms with Crippen molar-refractivity contribution in [3.05, 3.63) is 29.3 Å². The highest BCUT2D eigenvalue weighted by Crippen LogP contribution is 2.57. The van der Waals surface area contributed by atoms with Crippen LogP contribution in [0, 0.1) is 18.8 Å². The van der Waals surface area contributed by atoms with E-state index >= 15 is 0 Å². The van der Waals surface area contributed by atoms with E-state index in [-0.39, 0.29) is 11.6 Å². The fraction of sp³-hybridized carbons (Fsp3) is 0.625. The van der Waals surface area contributed by atoms with E-state index in [1.807, 2.05) is 0 Å². The van der Waals surface area contributed by atoms with Crippen LogP contribution in [0.1, 0.15) is 49.3 Å². The Kier molecular flexibility index (Phi) is 2.12. The summed E-state index contributed by atoms with van der Waals surface area (Å²) in [7, 11) is 0. The number of aryl methyl sites for hydroxylation is 1. The van der Waals surface area contributed by atoms with E-state index in [0.717, 1.165) is 24.0 Å². The SMILES string of the molecule is Cc1ccc2c(c1)[C@H](N)CC1(CC3CCC1C3)O2. The summed E-state index contributed by atoms with van der Waals surface area (Å²) in [6.45, 7) is 2.12. The molecular formula is C16H21NO. The molecule has 3 aliphatic rings. The second-order valence-corrected chi connectivity index (χ2v) is 6.60.